The standard InChI is InChI=1S/C21H22N2O/c1-16-7-2-3-8-18(16)15-24-19-10-6-9-17-11-12-20(22-21(17)19)23-13-4-5-14-23/h2-3,6-12H,4-5,13-15H2,1H3. The smallest absolute Gasteiger partial charge is 0.146 e. The van der Waals surface area contributed by atoms with Gasteiger partial charge in [0.15, 0.2) is 0 Å². The van der Waals surface area contributed by atoms with Gasteiger partial charge < -0.3 is 9.64 Å². The fourth-order valence-corrected chi connectivity index (χ4v) is 3.28. The highest BCUT2D eigenvalue weighted by Gasteiger charge is 2.15. The third-order valence-electron chi connectivity index (χ3n) is 4.74. The van der Waals surface area contributed by atoms with Crippen LogP contribution in [0.15, 0.2) is 54.6 Å². The van der Waals surface area contributed by atoms with Crippen LogP contribution in [-0.2, 0) is 6.61 Å². The van der Waals surface area contributed by atoms with Crippen LogP contribution in [0.2, 0.25) is 0 Å². The molecule has 0 spiro atoms. The molecule has 1 aliphatic rings. The second kappa shape index (κ2) is 6.52. The summed E-state index contributed by atoms with van der Waals surface area (Å²) in [4.78, 5) is 7.25. The van der Waals surface area contributed by atoms with Crippen LogP contribution in [0, 0.1) is 6.92 Å². The number of anilines is 1. The lowest BCUT2D eigenvalue weighted by atomic mass is 10.1. The number of pyridine rings is 1. The number of hydrogen-bond acceptors (Lipinski definition) is 3. The highest BCUT2D eigenvalue weighted by Crippen LogP contribution is 2.28. The van der Waals surface area contributed by atoms with Gasteiger partial charge in [-0.05, 0) is 49.1 Å². The lowest BCUT2D eigenvalue weighted by Gasteiger charge is -2.17. The molecule has 1 saturated heterocycles. The number of fused-ring (bicyclic) bond motifs is 1. The largest absolute Gasteiger partial charge is 0.487 e. The van der Waals surface area contributed by atoms with Crippen molar-refractivity contribution in [3.8, 4) is 5.75 Å². The van der Waals surface area contributed by atoms with Gasteiger partial charge in [0.05, 0.1) is 0 Å². The van der Waals surface area contributed by atoms with Crippen LogP contribution in [-0.4, -0.2) is 18.1 Å². The van der Waals surface area contributed by atoms with Crippen molar-refractivity contribution in [3.63, 3.8) is 0 Å². The van der Waals surface area contributed by atoms with E-state index in [1.807, 2.05) is 12.1 Å². The zero-order valence-electron chi connectivity index (χ0n) is 14.0. The predicted molar refractivity (Wildman–Crippen MR) is 98.7 cm³/mol. The Balaban J connectivity index is 1.64. The molecular weight excluding hydrogens is 296 g/mol. The van der Waals surface area contributed by atoms with Gasteiger partial charge in [0, 0.05) is 18.5 Å². The Morgan fingerprint density at radius 1 is 0.958 bits per heavy atom. The summed E-state index contributed by atoms with van der Waals surface area (Å²) in [5.74, 6) is 1.92. The van der Waals surface area contributed by atoms with Crippen molar-refractivity contribution in [2.75, 3.05) is 18.0 Å². The quantitative estimate of drug-likeness (QED) is 0.696. The molecule has 2 heterocycles. The molecule has 1 fully saturated rings. The first kappa shape index (κ1) is 15.0. The van der Waals surface area contributed by atoms with Crippen molar-refractivity contribution in [1.82, 2.24) is 4.98 Å². The van der Waals surface area contributed by atoms with Gasteiger partial charge in [-0.15, -0.1) is 0 Å². The van der Waals surface area contributed by atoms with Crippen LogP contribution in [0.4, 0.5) is 5.82 Å². The second-order valence-electron chi connectivity index (χ2n) is 6.41. The van der Waals surface area contributed by atoms with Gasteiger partial charge in [-0.3, -0.25) is 0 Å². The van der Waals surface area contributed by atoms with E-state index in [1.165, 1.54) is 24.0 Å². The fourth-order valence-electron chi connectivity index (χ4n) is 3.28. The molecule has 3 heteroatoms. The van der Waals surface area contributed by atoms with Gasteiger partial charge >= 0.3 is 0 Å². The number of hydrogen-bond donors (Lipinski definition) is 0. The van der Waals surface area contributed by atoms with Crippen molar-refractivity contribution in [1.29, 1.82) is 0 Å². The molecule has 122 valence electrons. The molecular formula is C21H22N2O. The van der Waals surface area contributed by atoms with Gasteiger partial charge in [0.2, 0.25) is 0 Å². The van der Waals surface area contributed by atoms with Crippen molar-refractivity contribution in [2.24, 2.45) is 0 Å². The summed E-state index contributed by atoms with van der Waals surface area (Å²) >= 11 is 0. The maximum absolute atomic E-state index is 6.12. The summed E-state index contributed by atoms with van der Waals surface area (Å²) in [6, 6.07) is 18.8. The van der Waals surface area contributed by atoms with Gasteiger partial charge in [0.25, 0.3) is 0 Å². The highest BCUT2D eigenvalue weighted by molar-refractivity contribution is 5.86. The van der Waals surface area contributed by atoms with Crippen molar-refractivity contribution in [2.45, 2.75) is 26.4 Å². The summed E-state index contributed by atoms with van der Waals surface area (Å²) in [6.45, 7) is 4.89. The van der Waals surface area contributed by atoms with E-state index in [-0.39, 0.29) is 0 Å². The molecule has 0 N–H and O–H groups in total. The second-order valence-corrected chi connectivity index (χ2v) is 6.41. The topological polar surface area (TPSA) is 25.4 Å². The van der Waals surface area contributed by atoms with Gasteiger partial charge in [0.1, 0.15) is 23.7 Å². The van der Waals surface area contributed by atoms with Gasteiger partial charge in [-0.1, -0.05) is 36.4 Å². The number of benzene rings is 2. The molecule has 0 radical (unpaired) electrons. The minimum absolute atomic E-state index is 0.571. The highest BCUT2D eigenvalue weighted by atomic mass is 16.5. The lowest BCUT2D eigenvalue weighted by molar-refractivity contribution is 0.308. The number of aromatic nitrogens is 1. The molecule has 3 nitrogen and oxygen atoms in total. The molecule has 0 saturated carbocycles. The maximum Gasteiger partial charge on any atom is 0.146 e. The van der Waals surface area contributed by atoms with Crippen LogP contribution in [0.25, 0.3) is 10.9 Å². The Morgan fingerprint density at radius 2 is 1.79 bits per heavy atom. The SMILES string of the molecule is Cc1ccccc1COc1cccc2ccc(N3CCCC3)nc12. The molecule has 0 atom stereocenters. The average molecular weight is 318 g/mol. The molecule has 2 aromatic carbocycles. The number of aryl methyl sites for hydroxylation is 1. The molecule has 0 unspecified atom stereocenters. The first-order chi connectivity index (χ1) is 11.8. The summed E-state index contributed by atoms with van der Waals surface area (Å²) in [5.41, 5.74) is 3.42. The van der Waals surface area contributed by atoms with Crippen LogP contribution >= 0.6 is 0 Å². The number of ether oxygens (including phenoxy) is 1. The van der Waals surface area contributed by atoms with E-state index in [0.717, 1.165) is 35.6 Å². The van der Waals surface area contributed by atoms with Crippen LogP contribution in [0.3, 0.4) is 0 Å². The molecule has 1 aromatic heterocycles. The minimum Gasteiger partial charge on any atom is -0.487 e. The Bertz CT molecular complexity index is 853. The minimum atomic E-state index is 0.571. The zero-order valence-corrected chi connectivity index (χ0v) is 14.0. The Kier molecular flexibility index (Phi) is 4.08. The Labute approximate surface area is 142 Å². The average Bonchev–Trinajstić information content (AvgIpc) is 3.15. The number of rotatable bonds is 4. The molecule has 0 bridgehead atoms. The Hall–Kier alpha value is -2.55. The summed E-state index contributed by atoms with van der Waals surface area (Å²) in [5, 5.41) is 1.13. The number of para-hydroxylation sites is 1. The summed E-state index contributed by atoms with van der Waals surface area (Å²) in [7, 11) is 0. The normalized spacial score (nSPS) is 14.3. The van der Waals surface area contributed by atoms with E-state index >= 15 is 0 Å². The van der Waals surface area contributed by atoms with Crippen LogP contribution in [0.5, 0.6) is 5.75 Å². The molecule has 0 aliphatic carbocycles. The van der Waals surface area contributed by atoms with Crippen LogP contribution < -0.4 is 9.64 Å². The predicted octanol–water partition coefficient (Wildman–Crippen LogP) is 4.72. The van der Waals surface area contributed by atoms with Crippen molar-refractivity contribution >= 4 is 16.7 Å². The van der Waals surface area contributed by atoms with E-state index in [1.54, 1.807) is 0 Å². The maximum atomic E-state index is 6.12. The van der Waals surface area contributed by atoms with Crippen molar-refractivity contribution in [3.05, 3.63) is 65.7 Å². The summed E-state index contributed by atoms with van der Waals surface area (Å²) in [6.07, 6.45) is 2.51. The van der Waals surface area contributed by atoms with Gasteiger partial charge in [-0.2, -0.15) is 0 Å². The molecule has 4 rings (SSSR count). The van der Waals surface area contributed by atoms with E-state index in [2.05, 4.69) is 54.3 Å². The monoisotopic (exact) mass is 318 g/mol. The molecule has 1 aliphatic heterocycles. The molecule has 3 aromatic rings. The first-order valence-corrected chi connectivity index (χ1v) is 8.63. The Morgan fingerprint density at radius 3 is 2.62 bits per heavy atom. The van der Waals surface area contributed by atoms with Gasteiger partial charge in [-0.25, -0.2) is 4.98 Å². The summed E-state index contributed by atoms with van der Waals surface area (Å²) < 4.78 is 6.12. The molecule has 24 heavy (non-hydrogen) atoms. The first-order valence-electron chi connectivity index (χ1n) is 8.63. The third-order valence-corrected chi connectivity index (χ3v) is 4.74. The van der Waals surface area contributed by atoms with E-state index in [4.69, 9.17) is 9.72 Å². The van der Waals surface area contributed by atoms with Crippen LogP contribution in [0.1, 0.15) is 24.0 Å². The van der Waals surface area contributed by atoms with Crippen molar-refractivity contribution < 1.29 is 4.74 Å². The lowest BCUT2D eigenvalue weighted by Crippen LogP contribution is -2.18. The third kappa shape index (κ3) is 2.94. The van der Waals surface area contributed by atoms with E-state index < -0.39 is 0 Å². The molecule has 0 amide bonds. The zero-order chi connectivity index (χ0) is 16.4. The van der Waals surface area contributed by atoms with E-state index in [0.29, 0.717) is 6.61 Å². The number of nitrogens with zero attached hydrogens (tertiary/aromatic N) is 2. The van der Waals surface area contributed by atoms with E-state index in [9.17, 15) is 0 Å². The fraction of sp³-hybridized carbons (Fsp3) is 0.286.